The lowest BCUT2D eigenvalue weighted by atomic mass is 10.0. The molecule has 11 heavy (non-hydrogen) atoms. The van der Waals surface area contributed by atoms with Gasteiger partial charge >= 0.3 is 5.97 Å². The molecule has 0 aromatic heterocycles. The summed E-state index contributed by atoms with van der Waals surface area (Å²) < 4.78 is 4.59. The molecule has 0 radical (unpaired) electrons. The molecule has 3 nitrogen and oxygen atoms in total. The molecule has 2 fully saturated rings. The van der Waals surface area contributed by atoms with Crippen LogP contribution in [0, 0.1) is 11.8 Å². The minimum Gasteiger partial charge on any atom is -0.468 e. The van der Waals surface area contributed by atoms with Crippen LogP contribution >= 0.6 is 12.4 Å². The molecular formula is C7H12ClNO2. The van der Waals surface area contributed by atoms with Gasteiger partial charge < -0.3 is 10.5 Å². The van der Waals surface area contributed by atoms with Gasteiger partial charge in [-0.3, -0.25) is 4.79 Å². The van der Waals surface area contributed by atoms with Crippen LogP contribution in [0.25, 0.3) is 0 Å². The van der Waals surface area contributed by atoms with Gasteiger partial charge in [-0.1, -0.05) is 0 Å². The minimum atomic E-state index is -0.575. The predicted molar refractivity (Wildman–Crippen MR) is 42.4 cm³/mol. The number of carbonyl (C=O) groups is 1. The molecule has 2 aliphatic rings. The number of hydrogen-bond donors (Lipinski definition) is 1. The van der Waals surface area contributed by atoms with Gasteiger partial charge in [-0.25, -0.2) is 0 Å². The van der Waals surface area contributed by atoms with Crippen molar-refractivity contribution in [2.75, 3.05) is 7.11 Å². The standard InChI is InChI=1S/C7H11NO2.ClH/c1-10-6(9)7(8)4-2-3-5(4)7;/h4-5H,2-3,8H2,1H3;1H/t4-,5+,7?;. The van der Waals surface area contributed by atoms with Crippen LogP contribution in [0.4, 0.5) is 0 Å². The third-order valence-electron chi connectivity index (χ3n) is 2.93. The molecule has 0 bridgehead atoms. The molecule has 0 heterocycles. The van der Waals surface area contributed by atoms with Gasteiger partial charge in [-0.2, -0.15) is 0 Å². The molecule has 2 N–H and O–H groups in total. The normalized spacial score (nSPS) is 44.5. The Hall–Kier alpha value is -0.280. The molecule has 0 spiro atoms. The first kappa shape index (κ1) is 8.81. The summed E-state index contributed by atoms with van der Waals surface area (Å²) in [4.78, 5) is 11.0. The van der Waals surface area contributed by atoms with Crippen LogP contribution < -0.4 is 5.73 Å². The van der Waals surface area contributed by atoms with Crippen molar-refractivity contribution >= 4 is 18.4 Å². The maximum Gasteiger partial charge on any atom is 0.326 e. The van der Waals surface area contributed by atoms with E-state index in [2.05, 4.69) is 4.74 Å². The van der Waals surface area contributed by atoms with Gasteiger partial charge in [0.2, 0.25) is 0 Å². The molecule has 0 aliphatic heterocycles. The highest BCUT2D eigenvalue weighted by Gasteiger charge is 2.72. The van der Waals surface area contributed by atoms with E-state index in [4.69, 9.17) is 5.73 Å². The fourth-order valence-electron chi connectivity index (χ4n) is 2.02. The average Bonchev–Trinajstić information content (AvgIpc) is 2.24. The molecule has 2 rings (SSSR count). The first-order valence-electron chi connectivity index (χ1n) is 3.58. The zero-order valence-corrected chi connectivity index (χ0v) is 7.19. The molecule has 0 aromatic rings. The molecule has 4 heteroatoms. The van der Waals surface area contributed by atoms with Gasteiger partial charge in [0.25, 0.3) is 0 Å². The van der Waals surface area contributed by atoms with Crippen molar-refractivity contribution in [3.63, 3.8) is 0 Å². The first-order chi connectivity index (χ1) is 4.71. The Bertz CT molecular complexity index is 185. The summed E-state index contributed by atoms with van der Waals surface area (Å²) in [7, 11) is 1.40. The van der Waals surface area contributed by atoms with Crippen LogP contribution in [0.3, 0.4) is 0 Å². The summed E-state index contributed by atoms with van der Waals surface area (Å²) in [6.07, 6.45) is 2.21. The van der Waals surface area contributed by atoms with Gasteiger partial charge in [0.15, 0.2) is 0 Å². The van der Waals surface area contributed by atoms with Crippen LogP contribution in [0.15, 0.2) is 0 Å². The van der Waals surface area contributed by atoms with E-state index in [0.29, 0.717) is 11.8 Å². The monoisotopic (exact) mass is 177 g/mol. The van der Waals surface area contributed by atoms with Gasteiger partial charge in [-0.05, 0) is 24.7 Å². The fraction of sp³-hybridized carbons (Fsp3) is 0.857. The predicted octanol–water partition coefficient (Wildman–Crippen LogP) is 0.318. The van der Waals surface area contributed by atoms with E-state index in [1.165, 1.54) is 7.11 Å². The molecule has 0 saturated heterocycles. The number of carbonyl (C=O) groups excluding carboxylic acids is 1. The lowest BCUT2D eigenvalue weighted by Crippen LogP contribution is -2.36. The molecule has 0 aromatic carbocycles. The Balaban J connectivity index is 0.000000605. The highest BCUT2D eigenvalue weighted by atomic mass is 35.5. The number of methoxy groups -OCH3 is 1. The Morgan fingerprint density at radius 1 is 1.55 bits per heavy atom. The maximum absolute atomic E-state index is 11.0. The summed E-state index contributed by atoms with van der Waals surface area (Å²) in [6.45, 7) is 0. The van der Waals surface area contributed by atoms with E-state index < -0.39 is 5.54 Å². The SMILES string of the molecule is COC(=O)C1(N)[C@@H]2CC[C@@H]21.Cl. The van der Waals surface area contributed by atoms with Gasteiger partial charge in [0, 0.05) is 0 Å². The Morgan fingerprint density at radius 2 is 2.00 bits per heavy atom. The van der Waals surface area contributed by atoms with Crippen molar-refractivity contribution in [1.82, 2.24) is 0 Å². The van der Waals surface area contributed by atoms with Crippen LogP contribution in [-0.4, -0.2) is 18.6 Å². The van der Waals surface area contributed by atoms with Crippen LogP contribution in [0.1, 0.15) is 12.8 Å². The average molecular weight is 178 g/mol. The number of rotatable bonds is 1. The summed E-state index contributed by atoms with van der Waals surface area (Å²) in [5.41, 5.74) is 5.20. The molecule has 2 aliphatic carbocycles. The highest BCUT2D eigenvalue weighted by molar-refractivity contribution is 5.86. The van der Waals surface area contributed by atoms with E-state index >= 15 is 0 Å². The van der Waals surface area contributed by atoms with Gasteiger partial charge in [0.05, 0.1) is 7.11 Å². The van der Waals surface area contributed by atoms with E-state index in [1.54, 1.807) is 0 Å². The first-order valence-corrected chi connectivity index (χ1v) is 3.58. The van der Waals surface area contributed by atoms with Gasteiger partial charge in [0.1, 0.15) is 5.54 Å². The number of ether oxygens (including phenoxy) is 1. The second kappa shape index (κ2) is 2.35. The fourth-order valence-corrected chi connectivity index (χ4v) is 2.02. The largest absolute Gasteiger partial charge is 0.468 e. The van der Waals surface area contributed by atoms with Crippen molar-refractivity contribution in [3.05, 3.63) is 0 Å². The Morgan fingerprint density at radius 3 is 2.27 bits per heavy atom. The third kappa shape index (κ3) is 0.811. The quantitative estimate of drug-likeness (QED) is 0.587. The molecule has 2 saturated carbocycles. The van der Waals surface area contributed by atoms with Crippen molar-refractivity contribution in [3.8, 4) is 0 Å². The van der Waals surface area contributed by atoms with E-state index in [1.807, 2.05) is 0 Å². The number of esters is 1. The summed E-state index contributed by atoms with van der Waals surface area (Å²) >= 11 is 0. The van der Waals surface area contributed by atoms with Crippen LogP contribution in [0.2, 0.25) is 0 Å². The molecule has 3 atom stereocenters. The molecule has 1 unspecified atom stereocenters. The van der Waals surface area contributed by atoms with Crippen molar-refractivity contribution < 1.29 is 9.53 Å². The highest BCUT2D eigenvalue weighted by Crippen LogP contribution is 2.63. The third-order valence-corrected chi connectivity index (χ3v) is 2.93. The van der Waals surface area contributed by atoms with E-state index in [0.717, 1.165) is 12.8 Å². The van der Waals surface area contributed by atoms with Crippen molar-refractivity contribution in [1.29, 1.82) is 0 Å². The second-order valence-corrected chi connectivity index (χ2v) is 3.21. The van der Waals surface area contributed by atoms with Crippen molar-refractivity contribution in [2.45, 2.75) is 18.4 Å². The number of fused-ring (bicyclic) bond motifs is 1. The van der Waals surface area contributed by atoms with Crippen molar-refractivity contribution in [2.24, 2.45) is 17.6 Å². The maximum atomic E-state index is 11.0. The molecular weight excluding hydrogens is 166 g/mol. The zero-order valence-electron chi connectivity index (χ0n) is 6.37. The smallest absolute Gasteiger partial charge is 0.326 e. The number of halogens is 1. The lowest BCUT2D eigenvalue weighted by molar-refractivity contribution is -0.143. The van der Waals surface area contributed by atoms with Crippen LogP contribution in [-0.2, 0) is 9.53 Å². The number of nitrogens with two attached hydrogens (primary N) is 1. The lowest BCUT2D eigenvalue weighted by Gasteiger charge is -2.04. The van der Waals surface area contributed by atoms with E-state index in [-0.39, 0.29) is 18.4 Å². The van der Waals surface area contributed by atoms with E-state index in [9.17, 15) is 4.79 Å². The molecule has 0 amide bonds. The van der Waals surface area contributed by atoms with Gasteiger partial charge in [-0.15, -0.1) is 12.4 Å². The zero-order chi connectivity index (χ0) is 7.35. The topological polar surface area (TPSA) is 52.3 Å². The Kier molecular flexibility index (Phi) is 1.89. The summed E-state index contributed by atoms with van der Waals surface area (Å²) in [5, 5.41) is 0. The summed E-state index contributed by atoms with van der Waals surface area (Å²) in [6, 6.07) is 0. The Labute approximate surface area is 71.7 Å². The molecule has 64 valence electrons. The van der Waals surface area contributed by atoms with Crippen LogP contribution in [0.5, 0.6) is 0 Å². The second-order valence-electron chi connectivity index (χ2n) is 3.21. The number of hydrogen-bond acceptors (Lipinski definition) is 3. The minimum absolute atomic E-state index is 0. The summed E-state index contributed by atoms with van der Waals surface area (Å²) in [5.74, 6) is 0.667.